The number of aromatic nitrogens is 2. The maximum atomic E-state index is 14.4. The normalized spacial score (nSPS) is 19.5. The zero-order valence-electron chi connectivity index (χ0n) is 17.6. The minimum Gasteiger partial charge on any atom is -0.390 e. The zero-order valence-corrected chi connectivity index (χ0v) is 17.6. The van der Waals surface area contributed by atoms with Gasteiger partial charge in [0.05, 0.1) is 30.7 Å². The van der Waals surface area contributed by atoms with Crippen molar-refractivity contribution in [1.82, 2.24) is 9.13 Å². The van der Waals surface area contributed by atoms with E-state index in [1.807, 2.05) is 60.7 Å². The average molecular weight is 448 g/mol. The molecular weight excluding hydrogens is 427 g/mol. The van der Waals surface area contributed by atoms with E-state index in [-0.39, 0.29) is 13.1 Å². The van der Waals surface area contributed by atoms with E-state index in [0.717, 1.165) is 37.9 Å². The summed E-state index contributed by atoms with van der Waals surface area (Å²) >= 11 is 0. The zero-order chi connectivity index (χ0) is 22.8. The predicted molar refractivity (Wildman–Crippen MR) is 120 cm³/mol. The first kappa shape index (κ1) is 20.9. The van der Waals surface area contributed by atoms with Crippen molar-refractivity contribution in [2.75, 3.05) is 0 Å². The number of oxime groups is 2. The first-order chi connectivity index (χ1) is 16.1. The van der Waals surface area contributed by atoms with Crippen LogP contribution in [0.3, 0.4) is 0 Å². The van der Waals surface area contributed by atoms with Crippen LogP contribution in [0.5, 0.6) is 0 Å². The topological polar surface area (TPSA) is 87.2 Å². The maximum absolute atomic E-state index is 14.4. The summed E-state index contributed by atoms with van der Waals surface area (Å²) in [5.41, 5.74) is 1.69. The van der Waals surface area contributed by atoms with E-state index in [1.54, 1.807) is 0 Å². The molecule has 168 valence electrons. The van der Waals surface area contributed by atoms with Crippen LogP contribution in [-0.2, 0) is 22.8 Å². The van der Waals surface area contributed by atoms with E-state index in [2.05, 4.69) is 10.3 Å². The van der Waals surface area contributed by atoms with Crippen molar-refractivity contribution in [3.63, 3.8) is 0 Å². The molecule has 0 amide bonds. The van der Waals surface area contributed by atoms with E-state index < -0.39 is 29.3 Å². The van der Waals surface area contributed by atoms with E-state index in [9.17, 15) is 14.0 Å². The maximum Gasteiger partial charge on any atom is 0.331 e. The van der Waals surface area contributed by atoms with Crippen LogP contribution in [0.25, 0.3) is 0 Å². The van der Waals surface area contributed by atoms with Gasteiger partial charge in [-0.3, -0.25) is 13.9 Å². The molecule has 3 heterocycles. The summed E-state index contributed by atoms with van der Waals surface area (Å²) in [6.07, 6.45) is 0.811. The van der Waals surface area contributed by atoms with Gasteiger partial charge >= 0.3 is 5.69 Å². The van der Waals surface area contributed by atoms with Crippen molar-refractivity contribution in [2.45, 2.75) is 38.1 Å². The van der Waals surface area contributed by atoms with Gasteiger partial charge in [-0.1, -0.05) is 71.0 Å². The van der Waals surface area contributed by atoms with Crippen molar-refractivity contribution < 1.29 is 14.1 Å². The van der Waals surface area contributed by atoms with Gasteiger partial charge in [0.2, 0.25) is 5.82 Å². The van der Waals surface area contributed by atoms with Gasteiger partial charge in [0.1, 0.15) is 0 Å². The third kappa shape index (κ3) is 4.34. The fraction of sp³-hybridized carbons (Fsp3) is 0.250. The Morgan fingerprint density at radius 1 is 0.818 bits per heavy atom. The van der Waals surface area contributed by atoms with Gasteiger partial charge in [-0.25, -0.2) is 4.79 Å². The number of hydrogen-bond acceptors (Lipinski definition) is 6. The molecule has 0 fully saturated rings. The summed E-state index contributed by atoms with van der Waals surface area (Å²) in [4.78, 5) is 36.3. The summed E-state index contributed by atoms with van der Waals surface area (Å²) in [6, 6.07) is 19.0. The molecule has 33 heavy (non-hydrogen) atoms. The van der Waals surface area contributed by atoms with Crippen molar-refractivity contribution in [1.29, 1.82) is 0 Å². The first-order valence-electron chi connectivity index (χ1n) is 10.6. The van der Waals surface area contributed by atoms with E-state index >= 15 is 0 Å². The Kier molecular flexibility index (Phi) is 5.60. The quantitative estimate of drug-likeness (QED) is 0.580. The number of rotatable bonds is 6. The molecule has 0 radical (unpaired) electrons. The summed E-state index contributed by atoms with van der Waals surface area (Å²) in [6.45, 7) is -0.0420. The van der Waals surface area contributed by atoms with Crippen LogP contribution < -0.4 is 11.2 Å². The molecule has 2 aromatic carbocycles. The lowest BCUT2D eigenvalue weighted by atomic mass is 10.1. The fourth-order valence-electron chi connectivity index (χ4n) is 3.99. The molecule has 9 heteroatoms. The molecular formula is C24H21FN4O4. The van der Waals surface area contributed by atoms with Crippen LogP contribution >= 0.6 is 0 Å². The molecule has 5 rings (SSSR count). The Bertz CT molecular complexity index is 1330. The minimum absolute atomic E-state index is 0.0627. The van der Waals surface area contributed by atoms with E-state index in [4.69, 9.17) is 9.68 Å². The fourth-order valence-corrected chi connectivity index (χ4v) is 3.99. The molecule has 0 spiro atoms. The Labute approximate surface area is 188 Å². The van der Waals surface area contributed by atoms with Gasteiger partial charge in [-0.15, -0.1) is 0 Å². The summed E-state index contributed by atoms with van der Waals surface area (Å²) in [5, 5.41) is 8.17. The van der Waals surface area contributed by atoms with Gasteiger partial charge in [-0.2, -0.15) is 4.39 Å². The Balaban J connectivity index is 1.30. The number of nitrogens with zero attached hydrogens (tertiary/aromatic N) is 4. The lowest BCUT2D eigenvalue weighted by Crippen LogP contribution is -2.44. The molecule has 0 N–H and O–H groups in total. The summed E-state index contributed by atoms with van der Waals surface area (Å²) in [5.74, 6) is -1.01. The highest BCUT2D eigenvalue weighted by atomic mass is 19.1. The Morgan fingerprint density at radius 3 is 1.88 bits per heavy atom. The number of halogens is 1. The van der Waals surface area contributed by atoms with Gasteiger partial charge in [0.15, 0.2) is 12.2 Å². The second kappa shape index (κ2) is 8.85. The van der Waals surface area contributed by atoms with Crippen molar-refractivity contribution in [2.24, 2.45) is 10.3 Å². The van der Waals surface area contributed by atoms with Gasteiger partial charge in [0, 0.05) is 12.8 Å². The van der Waals surface area contributed by atoms with Crippen LogP contribution in [0.15, 0.2) is 86.8 Å². The molecule has 0 unspecified atom stereocenters. The van der Waals surface area contributed by atoms with E-state index in [0.29, 0.717) is 12.8 Å². The van der Waals surface area contributed by atoms with E-state index in [1.165, 1.54) is 0 Å². The van der Waals surface area contributed by atoms with Gasteiger partial charge in [-0.05, 0) is 11.1 Å². The molecule has 8 nitrogen and oxygen atoms in total. The molecule has 2 aliphatic rings. The van der Waals surface area contributed by atoms with Crippen molar-refractivity contribution in [3.05, 3.63) is 105 Å². The SMILES string of the molecule is O=c1c(F)cn(C[C@H]2CC(c3ccccc3)=NO2)c(=O)n1C[C@@H]1CC(c2ccccc2)=NO1. The standard InChI is InChI=1S/C24H21FN4O4/c25-20-15-28(13-18-11-21(26-32-18)16-7-3-1-4-8-16)24(31)29(23(20)30)14-19-12-22(27-33-19)17-9-5-2-6-10-17/h1-10,15,18-19H,11-14H2/t18-,19+/m1/s1. The summed E-state index contributed by atoms with van der Waals surface area (Å²) < 4.78 is 16.4. The second-order valence-electron chi connectivity index (χ2n) is 8.00. The number of benzene rings is 2. The third-order valence-electron chi connectivity index (χ3n) is 5.66. The van der Waals surface area contributed by atoms with Crippen LogP contribution in [-0.4, -0.2) is 32.8 Å². The smallest absolute Gasteiger partial charge is 0.331 e. The molecule has 0 aliphatic carbocycles. The summed E-state index contributed by atoms with van der Waals surface area (Å²) in [7, 11) is 0. The molecule has 0 saturated carbocycles. The highest BCUT2D eigenvalue weighted by Gasteiger charge is 2.27. The third-order valence-corrected chi connectivity index (χ3v) is 5.66. The lowest BCUT2D eigenvalue weighted by molar-refractivity contribution is 0.0648. The molecule has 1 aromatic heterocycles. The van der Waals surface area contributed by atoms with Crippen LogP contribution in [0.2, 0.25) is 0 Å². The van der Waals surface area contributed by atoms with Gasteiger partial charge in [0.25, 0.3) is 5.56 Å². The monoisotopic (exact) mass is 448 g/mol. The van der Waals surface area contributed by atoms with Crippen LogP contribution in [0, 0.1) is 5.82 Å². The molecule has 0 bridgehead atoms. The number of hydrogen-bond donors (Lipinski definition) is 0. The molecule has 2 atom stereocenters. The van der Waals surface area contributed by atoms with Crippen molar-refractivity contribution in [3.8, 4) is 0 Å². The molecule has 0 saturated heterocycles. The van der Waals surface area contributed by atoms with Crippen LogP contribution in [0.4, 0.5) is 4.39 Å². The highest BCUT2D eigenvalue weighted by molar-refractivity contribution is 6.01. The Hall–Kier alpha value is -4.01. The highest BCUT2D eigenvalue weighted by Crippen LogP contribution is 2.19. The minimum atomic E-state index is -1.01. The van der Waals surface area contributed by atoms with Crippen LogP contribution in [0.1, 0.15) is 24.0 Å². The lowest BCUT2D eigenvalue weighted by Gasteiger charge is -2.15. The first-order valence-corrected chi connectivity index (χ1v) is 10.6. The largest absolute Gasteiger partial charge is 0.390 e. The molecule has 2 aliphatic heterocycles. The second-order valence-corrected chi connectivity index (χ2v) is 8.00. The van der Waals surface area contributed by atoms with Crippen molar-refractivity contribution >= 4 is 11.4 Å². The molecule has 3 aromatic rings. The Morgan fingerprint density at radius 2 is 1.33 bits per heavy atom. The predicted octanol–water partition coefficient (Wildman–Crippen LogP) is 2.54. The average Bonchev–Trinajstić information content (AvgIpc) is 3.51. The van der Waals surface area contributed by atoms with Gasteiger partial charge < -0.3 is 9.68 Å².